The van der Waals surface area contributed by atoms with E-state index in [4.69, 9.17) is 14.9 Å². The highest BCUT2D eigenvalue weighted by molar-refractivity contribution is 7.91. The number of methoxy groups -OCH3 is 1. The Labute approximate surface area is 330 Å². The van der Waals surface area contributed by atoms with Crippen LogP contribution in [0, 0.1) is 5.92 Å². The summed E-state index contributed by atoms with van der Waals surface area (Å²) >= 11 is 1.43. The number of nitrogens with zero attached hydrogens (tertiary/aromatic N) is 5. The van der Waals surface area contributed by atoms with Gasteiger partial charge < -0.3 is 20.3 Å². The van der Waals surface area contributed by atoms with Crippen LogP contribution in [0.1, 0.15) is 70.8 Å². The average Bonchev–Trinajstić information content (AvgIpc) is 3.79. The van der Waals surface area contributed by atoms with Crippen LogP contribution < -0.4 is 20.1 Å². The number of nitrogens with one attached hydrogen (secondary N) is 3. The molecule has 294 valence electrons. The molecular weight excluding hydrogens is 753 g/mol. The van der Waals surface area contributed by atoms with Gasteiger partial charge in [-0.15, -0.1) is 16.4 Å². The van der Waals surface area contributed by atoms with Gasteiger partial charge in [0.15, 0.2) is 0 Å². The van der Waals surface area contributed by atoms with Gasteiger partial charge in [-0.05, 0) is 81.8 Å². The van der Waals surface area contributed by atoms with Gasteiger partial charge in [0.25, 0.3) is 5.91 Å². The number of allylic oxidation sites excluding steroid dienone is 1. The Balaban J connectivity index is 1.15. The Morgan fingerprint density at radius 2 is 1.79 bits per heavy atom. The molecule has 14 nitrogen and oxygen atoms in total. The van der Waals surface area contributed by atoms with Gasteiger partial charge in [-0.1, -0.05) is 43.2 Å². The van der Waals surface area contributed by atoms with E-state index in [0.29, 0.717) is 41.4 Å². The predicted molar refractivity (Wildman–Crippen MR) is 212 cm³/mol. The number of aromatic nitrogens is 4. The molecule has 5 atom stereocenters. The summed E-state index contributed by atoms with van der Waals surface area (Å²) in [5.41, 5.74) is 1.29. The van der Waals surface area contributed by atoms with Gasteiger partial charge >= 0.3 is 0 Å². The summed E-state index contributed by atoms with van der Waals surface area (Å²) in [6.45, 7) is 1.75. The maximum Gasteiger partial charge on any atom is 0.259 e. The number of hydrogen-bond acceptors (Lipinski definition) is 11. The summed E-state index contributed by atoms with van der Waals surface area (Å²) in [6, 6.07) is 14.9. The number of carbonyl (C=O) groups is 3. The first kappa shape index (κ1) is 37.8. The second-order valence-electron chi connectivity index (χ2n) is 15.5. The smallest absolute Gasteiger partial charge is 0.259 e. The van der Waals surface area contributed by atoms with E-state index in [9.17, 15) is 22.8 Å². The van der Waals surface area contributed by atoms with E-state index in [-0.39, 0.29) is 25.3 Å². The summed E-state index contributed by atoms with van der Waals surface area (Å²) in [5, 5.41) is 18.8. The number of anilines is 1. The molecule has 2 aromatic carbocycles. The van der Waals surface area contributed by atoms with Crippen molar-refractivity contribution < 1.29 is 27.5 Å². The van der Waals surface area contributed by atoms with Crippen molar-refractivity contribution in [1.29, 1.82) is 0 Å². The van der Waals surface area contributed by atoms with Crippen LogP contribution in [0.5, 0.6) is 5.75 Å². The highest BCUT2D eigenvalue weighted by Gasteiger charge is 2.63. The van der Waals surface area contributed by atoms with Gasteiger partial charge in [-0.3, -0.25) is 19.1 Å². The fourth-order valence-electron chi connectivity index (χ4n) is 7.69. The summed E-state index contributed by atoms with van der Waals surface area (Å²) in [5.74, 6) is -1.23. The Kier molecular flexibility index (Phi) is 10.2. The molecule has 8 rings (SSSR count). The lowest BCUT2D eigenvalue weighted by Crippen LogP contribution is -2.58. The van der Waals surface area contributed by atoms with Crippen molar-refractivity contribution in [3.05, 3.63) is 78.3 Å². The Bertz CT molecular complexity index is 2220. The summed E-state index contributed by atoms with van der Waals surface area (Å²) in [7, 11) is -2.36. The summed E-state index contributed by atoms with van der Waals surface area (Å²) in [6.07, 6.45) is 10.8. The van der Waals surface area contributed by atoms with Crippen LogP contribution in [-0.2, 0) is 24.4 Å². The summed E-state index contributed by atoms with van der Waals surface area (Å²) in [4.78, 5) is 51.0. The maximum absolute atomic E-state index is 14.8. The Hall–Kier alpha value is -5.09. The second-order valence-corrected chi connectivity index (χ2v) is 18.6. The molecule has 2 saturated carbocycles. The lowest BCUT2D eigenvalue weighted by Gasteiger charge is -2.30. The van der Waals surface area contributed by atoms with Crippen molar-refractivity contribution in [2.45, 2.75) is 93.1 Å². The molecule has 4 heterocycles. The number of sulfonamides is 1. The minimum Gasteiger partial charge on any atom is -0.497 e. The van der Waals surface area contributed by atoms with Gasteiger partial charge in [-0.2, -0.15) is 9.90 Å². The van der Waals surface area contributed by atoms with Crippen LogP contribution in [0.25, 0.3) is 22.0 Å². The number of benzene rings is 2. The van der Waals surface area contributed by atoms with Crippen molar-refractivity contribution in [2.24, 2.45) is 5.92 Å². The van der Waals surface area contributed by atoms with Gasteiger partial charge in [0.05, 0.1) is 17.9 Å². The molecule has 4 aromatic rings. The average molecular weight is 799 g/mol. The van der Waals surface area contributed by atoms with Crippen LogP contribution in [0.2, 0.25) is 0 Å². The molecule has 2 aliphatic carbocycles. The molecule has 0 unspecified atom stereocenters. The van der Waals surface area contributed by atoms with Crippen molar-refractivity contribution in [1.82, 2.24) is 34.9 Å². The molecule has 0 bridgehead atoms. The van der Waals surface area contributed by atoms with Crippen LogP contribution in [0.3, 0.4) is 0 Å². The molecule has 2 aromatic heterocycles. The van der Waals surface area contributed by atoms with E-state index in [1.807, 2.05) is 72.1 Å². The van der Waals surface area contributed by atoms with Crippen LogP contribution >= 0.6 is 11.3 Å². The topological polar surface area (TPSA) is 178 Å². The van der Waals surface area contributed by atoms with E-state index in [1.165, 1.54) is 11.3 Å². The Morgan fingerprint density at radius 1 is 1.02 bits per heavy atom. The van der Waals surface area contributed by atoms with E-state index >= 15 is 0 Å². The van der Waals surface area contributed by atoms with E-state index in [0.717, 1.165) is 36.9 Å². The van der Waals surface area contributed by atoms with Crippen LogP contribution in [-0.4, -0.2) is 87.0 Å². The third-order valence-electron chi connectivity index (χ3n) is 11.6. The molecule has 3 fully saturated rings. The molecule has 0 spiro atoms. The number of hydrogen-bond donors (Lipinski definition) is 3. The first-order valence-electron chi connectivity index (χ1n) is 19.2. The third-order valence-corrected chi connectivity index (χ3v) is 14.5. The van der Waals surface area contributed by atoms with Gasteiger partial charge in [0.1, 0.15) is 39.8 Å². The molecule has 56 heavy (non-hydrogen) atoms. The fourth-order valence-corrected chi connectivity index (χ4v) is 9.63. The van der Waals surface area contributed by atoms with E-state index in [1.54, 1.807) is 29.9 Å². The first-order valence-corrected chi connectivity index (χ1v) is 21.6. The highest BCUT2D eigenvalue weighted by Crippen LogP contribution is 2.48. The lowest BCUT2D eigenvalue weighted by molar-refractivity contribution is -0.140. The van der Waals surface area contributed by atoms with Crippen molar-refractivity contribution in [2.75, 3.05) is 19.0 Å². The number of carbonyl (C=O) groups excluding carboxylic acids is 3. The zero-order chi connectivity index (χ0) is 39.1. The number of fused-ring (bicyclic) bond motifs is 2. The van der Waals surface area contributed by atoms with Gasteiger partial charge in [0.2, 0.25) is 21.8 Å². The standard InChI is InChI=1S/C40H46N8O6S2/c1-39(19-20-39)56(52,53)46-38(51)40-24-27(40)11-7-4-3-5-10-14-31(42-28-12-8-6-9-13-28)37(50)47-25-29(23-32(47)35(49)43-40)48-44-33(26-15-17-30(54-2)18-16-26)34(45-48)36-41-21-22-55-36/h6-9,11-13,15-18,21-22,27,29,31-32,42H,3-5,10,14,19-20,23-25H2,1-2H3,(H,43,49)(H,46,51)/b11-7-/t27-,29-,31+,32+,40-/m1/s1. The zero-order valence-corrected chi connectivity index (χ0v) is 33.0. The highest BCUT2D eigenvalue weighted by atomic mass is 32.2. The van der Waals surface area contributed by atoms with Gasteiger partial charge in [0, 0.05) is 41.7 Å². The molecular formula is C40H46N8O6S2. The largest absolute Gasteiger partial charge is 0.497 e. The first-order chi connectivity index (χ1) is 27.0. The quantitative estimate of drug-likeness (QED) is 0.193. The molecule has 3 amide bonds. The molecule has 3 N–H and O–H groups in total. The number of amides is 3. The molecule has 1 saturated heterocycles. The maximum atomic E-state index is 14.8. The lowest BCUT2D eigenvalue weighted by atomic mass is 10.0. The third kappa shape index (κ3) is 7.43. The van der Waals surface area contributed by atoms with Crippen molar-refractivity contribution >= 4 is 44.8 Å². The summed E-state index contributed by atoms with van der Waals surface area (Å²) < 4.78 is 33.1. The minimum atomic E-state index is -3.96. The normalized spacial score (nSPS) is 26.8. The second kappa shape index (κ2) is 15.1. The van der Waals surface area contributed by atoms with Crippen LogP contribution in [0.4, 0.5) is 5.69 Å². The number of thiazole rings is 1. The SMILES string of the molecule is COc1ccc(-c2nn([C@@H]3C[C@H]4C(=O)N[C@]5(C(=O)NS(=O)(=O)C6(C)CC6)C[C@H]5/C=C\CCCCC[C@H](Nc5ccccc5)C(=O)N4C3)nc2-c2nccs2)cc1. The van der Waals surface area contributed by atoms with Crippen molar-refractivity contribution in [3.8, 4) is 27.7 Å². The van der Waals surface area contributed by atoms with Crippen LogP contribution in [0.15, 0.2) is 78.3 Å². The van der Waals surface area contributed by atoms with Gasteiger partial charge in [-0.25, -0.2) is 13.4 Å². The number of para-hydroxylation sites is 1. The zero-order valence-electron chi connectivity index (χ0n) is 31.4. The number of ether oxygens (including phenoxy) is 1. The predicted octanol–water partition coefficient (Wildman–Crippen LogP) is 5.09. The fraction of sp³-hybridized carbons (Fsp3) is 0.450. The number of rotatable bonds is 9. The van der Waals surface area contributed by atoms with E-state index in [2.05, 4.69) is 20.3 Å². The molecule has 0 radical (unpaired) electrons. The van der Waals surface area contributed by atoms with Crippen molar-refractivity contribution in [3.63, 3.8) is 0 Å². The minimum absolute atomic E-state index is 0.132. The van der Waals surface area contributed by atoms with E-state index < -0.39 is 56.2 Å². The molecule has 2 aliphatic heterocycles. The molecule has 16 heteroatoms. The molecule has 4 aliphatic rings. The Morgan fingerprint density at radius 3 is 2.50 bits per heavy atom. The monoisotopic (exact) mass is 798 g/mol.